The Balaban J connectivity index is 1.22. The first-order valence-electron chi connectivity index (χ1n) is 20.0. The molecule has 12 aromatic rings. The van der Waals surface area contributed by atoms with Gasteiger partial charge in [-0.25, -0.2) is 15.0 Å². The number of nitrogens with zero attached hydrogens (tertiary/aromatic N) is 4. The maximum Gasteiger partial charge on any atom is 0.164 e. The van der Waals surface area contributed by atoms with Gasteiger partial charge in [0.2, 0.25) is 0 Å². The highest BCUT2D eigenvalue weighted by molar-refractivity contribution is 6.19. The van der Waals surface area contributed by atoms with E-state index in [4.69, 9.17) is 15.0 Å². The number of hydrogen-bond donors (Lipinski definition) is 0. The van der Waals surface area contributed by atoms with Crippen LogP contribution in [-0.4, -0.2) is 19.5 Å². The lowest BCUT2D eigenvalue weighted by Gasteiger charge is -2.20. The molecule has 0 aliphatic rings. The Morgan fingerprint density at radius 1 is 0.271 bits per heavy atom. The van der Waals surface area contributed by atoms with Gasteiger partial charge in [0, 0.05) is 38.4 Å². The van der Waals surface area contributed by atoms with Crippen molar-refractivity contribution < 1.29 is 0 Å². The predicted molar refractivity (Wildman–Crippen MR) is 246 cm³/mol. The molecule has 0 unspecified atom stereocenters. The second-order valence-electron chi connectivity index (χ2n) is 15.2. The molecule has 4 nitrogen and oxygen atoms in total. The van der Waals surface area contributed by atoms with Gasteiger partial charge >= 0.3 is 0 Å². The normalized spacial score (nSPS) is 11.7. The summed E-state index contributed by atoms with van der Waals surface area (Å²) in [7, 11) is 0. The average molecular weight is 751 g/mol. The summed E-state index contributed by atoms with van der Waals surface area (Å²) in [6.45, 7) is 0. The molecular formula is C55H34N4. The minimum Gasteiger partial charge on any atom is -0.308 e. The lowest BCUT2D eigenvalue weighted by Crippen LogP contribution is -2.03. The first kappa shape index (κ1) is 33.2. The van der Waals surface area contributed by atoms with Gasteiger partial charge in [0.05, 0.1) is 16.7 Å². The zero-order valence-electron chi connectivity index (χ0n) is 31.9. The van der Waals surface area contributed by atoms with Gasteiger partial charge in [-0.15, -0.1) is 0 Å². The third-order valence-corrected chi connectivity index (χ3v) is 11.8. The first-order chi connectivity index (χ1) is 29.2. The summed E-state index contributed by atoms with van der Waals surface area (Å²) in [6.07, 6.45) is 0. The maximum atomic E-state index is 5.37. The average Bonchev–Trinajstić information content (AvgIpc) is 3.60. The van der Waals surface area contributed by atoms with Gasteiger partial charge in [-0.1, -0.05) is 176 Å². The molecule has 0 aliphatic carbocycles. The van der Waals surface area contributed by atoms with Gasteiger partial charge < -0.3 is 4.57 Å². The smallest absolute Gasteiger partial charge is 0.164 e. The zero-order chi connectivity index (χ0) is 38.9. The Kier molecular flexibility index (Phi) is 7.50. The highest BCUT2D eigenvalue weighted by Crippen LogP contribution is 2.45. The van der Waals surface area contributed by atoms with Crippen molar-refractivity contribution >= 4 is 64.9 Å². The van der Waals surface area contributed by atoms with Crippen molar-refractivity contribution in [3.63, 3.8) is 0 Å². The quantitative estimate of drug-likeness (QED) is 0.176. The molecule has 0 saturated carbocycles. The molecule has 274 valence electrons. The van der Waals surface area contributed by atoms with E-state index in [1.54, 1.807) is 0 Å². The van der Waals surface area contributed by atoms with Crippen LogP contribution in [0.5, 0.6) is 0 Å². The summed E-state index contributed by atoms with van der Waals surface area (Å²) in [6, 6.07) is 73.6. The molecule has 0 atom stereocenters. The first-order valence-corrected chi connectivity index (χ1v) is 20.0. The van der Waals surface area contributed by atoms with Crippen LogP contribution in [0.15, 0.2) is 206 Å². The van der Waals surface area contributed by atoms with Crippen molar-refractivity contribution in [2.75, 3.05) is 0 Å². The van der Waals surface area contributed by atoms with Crippen molar-refractivity contribution in [3.05, 3.63) is 206 Å². The van der Waals surface area contributed by atoms with Crippen LogP contribution >= 0.6 is 0 Å². The van der Waals surface area contributed by atoms with Crippen molar-refractivity contribution in [3.8, 4) is 51.0 Å². The molecule has 2 aromatic heterocycles. The fraction of sp³-hybridized carbons (Fsp3) is 0. The monoisotopic (exact) mass is 750 g/mol. The van der Waals surface area contributed by atoms with E-state index in [0.717, 1.165) is 66.1 Å². The van der Waals surface area contributed by atoms with Gasteiger partial charge in [0.25, 0.3) is 0 Å². The number of benzene rings is 10. The van der Waals surface area contributed by atoms with Crippen LogP contribution in [0.25, 0.3) is 116 Å². The van der Waals surface area contributed by atoms with E-state index in [0.29, 0.717) is 17.5 Å². The molecule has 0 saturated heterocycles. The molecule has 2 heterocycles. The summed E-state index contributed by atoms with van der Waals surface area (Å²) in [5.41, 5.74) is 8.49. The van der Waals surface area contributed by atoms with Gasteiger partial charge in [0.15, 0.2) is 17.5 Å². The molecule has 0 bridgehead atoms. The largest absolute Gasteiger partial charge is 0.308 e. The zero-order valence-corrected chi connectivity index (χ0v) is 31.9. The van der Waals surface area contributed by atoms with Crippen molar-refractivity contribution in [1.29, 1.82) is 0 Å². The number of fused-ring (bicyclic) bond motifs is 7. The fourth-order valence-electron chi connectivity index (χ4n) is 9.01. The summed E-state index contributed by atoms with van der Waals surface area (Å²) >= 11 is 0. The van der Waals surface area contributed by atoms with E-state index in [1.165, 1.54) is 32.3 Å². The van der Waals surface area contributed by atoms with E-state index >= 15 is 0 Å². The minimum atomic E-state index is 0.626. The summed E-state index contributed by atoms with van der Waals surface area (Å²) in [5, 5.41) is 11.7. The van der Waals surface area contributed by atoms with Gasteiger partial charge in [-0.2, -0.15) is 0 Å². The topological polar surface area (TPSA) is 43.6 Å². The van der Waals surface area contributed by atoms with Crippen molar-refractivity contribution in [1.82, 2.24) is 19.5 Å². The number of rotatable bonds is 5. The lowest BCUT2D eigenvalue weighted by molar-refractivity contribution is 1.08. The van der Waals surface area contributed by atoms with Crippen molar-refractivity contribution in [2.24, 2.45) is 0 Å². The highest BCUT2D eigenvalue weighted by Gasteiger charge is 2.24. The molecule has 12 rings (SSSR count). The van der Waals surface area contributed by atoms with Crippen LogP contribution < -0.4 is 0 Å². The van der Waals surface area contributed by atoms with E-state index in [1.807, 2.05) is 18.2 Å². The van der Waals surface area contributed by atoms with Crippen LogP contribution in [0.4, 0.5) is 0 Å². The standard InChI is InChI=1S/C55H34N4/c1-3-16-36(17-4-1)46-34-49(55-57-53(37-19-5-2-6-20-37)56-54(58-55)45-29-15-25-35-18-11-12-26-42(35)45)43-27-13-14-28-44(43)52(46)59-50-32-40-23-9-7-21-38(40)30-47(50)48-31-39-22-8-10-24-41(39)33-51(48)59/h1-34H. The second kappa shape index (κ2) is 13.3. The summed E-state index contributed by atoms with van der Waals surface area (Å²) in [4.78, 5) is 15.8. The second-order valence-corrected chi connectivity index (χ2v) is 15.2. The SMILES string of the molecule is c1ccc(-c2nc(-c3cccc4ccccc34)nc(-c3cc(-c4ccccc4)c(-n4c5cc6ccccc6cc5c5cc6ccccc6cc54)c4ccccc34)n2)cc1. The van der Waals surface area contributed by atoms with Crippen molar-refractivity contribution in [2.45, 2.75) is 0 Å². The molecule has 4 heteroatoms. The number of aromatic nitrogens is 4. The summed E-state index contributed by atoms with van der Waals surface area (Å²) in [5.74, 6) is 1.90. The maximum absolute atomic E-state index is 5.37. The van der Waals surface area contributed by atoms with Crippen LogP contribution in [0, 0.1) is 0 Å². The van der Waals surface area contributed by atoms with Crippen LogP contribution in [-0.2, 0) is 0 Å². The molecule has 0 amide bonds. The van der Waals surface area contributed by atoms with Crippen LogP contribution in [0.2, 0.25) is 0 Å². The Bertz CT molecular complexity index is 3510. The Labute approximate surface area is 340 Å². The molecule has 0 fully saturated rings. The van der Waals surface area contributed by atoms with Gasteiger partial charge in [-0.3, -0.25) is 0 Å². The number of hydrogen-bond acceptors (Lipinski definition) is 3. The predicted octanol–water partition coefficient (Wildman–Crippen LogP) is 14.2. The molecule has 0 radical (unpaired) electrons. The van der Waals surface area contributed by atoms with E-state index in [2.05, 4.69) is 193 Å². The molecule has 0 aliphatic heterocycles. The summed E-state index contributed by atoms with van der Waals surface area (Å²) < 4.78 is 2.50. The molecular weight excluding hydrogens is 717 g/mol. The van der Waals surface area contributed by atoms with E-state index < -0.39 is 0 Å². The molecule has 0 N–H and O–H groups in total. The Morgan fingerprint density at radius 2 is 0.729 bits per heavy atom. The molecule has 59 heavy (non-hydrogen) atoms. The Morgan fingerprint density at radius 3 is 1.36 bits per heavy atom. The third-order valence-electron chi connectivity index (χ3n) is 11.8. The fourth-order valence-corrected chi connectivity index (χ4v) is 9.01. The van der Waals surface area contributed by atoms with E-state index in [-0.39, 0.29) is 0 Å². The van der Waals surface area contributed by atoms with Crippen LogP contribution in [0.1, 0.15) is 0 Å². The molecule has 0 spiro atoms. The highest BCUT2D eigenvalue weighted by atomic mass is 15.0. The minimum absolute atomic E-state index is 0.626. The van der Waals surface area contributed by atoms with Gasteiger partial charge in [0.1, 0.15) is 0 Å². The molecule has 10 aromatic carbocycles. The van der Waals surface area contributed by atoms with Crippen LogP contribution in [0.3, 0.4) is 0 Å². The lowest BCUT2D eigenvalue weighted by atomic mass is 9.93. The van der Waals surface area contributed by atoms with E-state index in [9.17, 15) is 0 Å². The third kappa shape index (κ3) is 5.42. The van der Waals surface area contributed by atoms with Gasteiger partial charge in [-0.05, 0) is 73.6 Å². The Hall–Kier alpha value is -7.95.